The highest BCUT2D eigenvalue weighted by molar-refractivity contribution is 7.10. The van der Waals surface area contributed by atoms with E-state index in [1.54, 1.807) is 11.3 Å². The Hall–Kier alpha value is -0.900. The molecule has 0 aliphatic carbocycles. The molecule has 1 aromatic rings. The third kappa shape index (κ3) is 4.86. The smallest absolute Gasteiger partial charge is 0.104 e. The quantitative estimate of drug-likeness (QED) is 0.620. The molecule has 0 saturated carbocycles. The van der Waals surface area contributed by atoms with Gasteiger partial charge in [0.1, 0.15) is 6.61 Å². The lowest BCUT2D eigenvalue weighted by atomic mass is 10.2. The van der Waals surface area contributed by atoms with Gasteiger partial charge < -0.3 is 15.3 Å². The van der Waals surface area contributed by atoms with Crippen molar-refractivity contribution >= 4 is 11.3 Å². The first-order valence-electron chi connectivity index (χ1n) is 5.42. The van der Waals surface area contributed by atoms with Crippen molar-refractivity contribution in [2.45, 2.75) is 6.54 Å². The van der Waals surface area contributed by atoms with E-state index in [9.17, 15) is 0 Å². The molecule has 1 aromatic heterocycles. The zero-order chi connectivity index (χ0) is 12.5. The van der Waals surface area contributed by atoms with Gasteiger partial charge in [0, 0.05) is 30.1 Å². The van der Waals surface area contributed by atoms with Crippen molar-refractivity contribution in [2.75, 3.05) is 32.9 Å². The lowest BCUT2D eigenvalue weighted by Gasteiger charge is -2.19. The summed E-state index contributed by atoms with van der Waals surface area (Å²) in [6.45, 7) is 1.73. The molecular formula is C12H17NO3S. The first-order valence-corrected chi connectivity index (χ1v) is 6.30. The Morgan fingerprint density at radius 1 is 1.18 bits per heavy atom. The molecule has 0 aliphatic rings. The number of aliphatic hydroxyl groups excluding tert-OH is 3. The number of hydrogen-bond acceptors (Lipinski definition) is 5. The highest BCUT2D eigenvalue weighted by Crippen LogP contribution is 2.17. The fraction of sp³-hybridized carbons (Fsp3) is 0.500. The number of hydrogen-bond donors (Lipinski definition) is 3. The summed E-state index contributed by atoms with van der Waals surface area (Å²) in [6, 6.07) is 1.92. The second-order valence-electron chi connectivity index (χ2n) is 3.44. The molecular weight excluding hydrogens is 238 g/mol. The summed E-state index contributed by atoms with van der Waals surface area (Å²) in [5, 5.41) is 28.5. The molecule has 0 saturated heterocycles. The van der Waals surface area contributed by atoms with Crippen LogP contribution in [0.15, 0.2) is 11.4 Å². The molecule has 0 unspecified atom stereocenters. The summed E-state index contributed by atoms with van der Waals surface area (Å²) < 4.78 is 0. The maximum absolute atomic E-state index is 8.92. The number of thiophene rings is 1. The SMILES string of the molecule is OCC#Cc1ccsc1CN(CCO)CCO. The first-order chi connectivity index (χ1) is 8.31. The van der Waals surface area contributed by atoms with Crippen LogP contribution in [0.3, 0.4) is 0 Å². The van der Waals surface area contributed by atoms with Crippen molar-refractivity contribution < 1.29 is 15.3 Å². The highest BCUT2D eigenvalue weighted by atomic mass is 32.1. The minimum atomic E-state index is -0.147. The fourth-order valence-electron chi connectivity index (χ4n) is 1.47. The van der Waals surface area contributed by atoms with E-state index in [1.807, 2.05) is 16.3 Å². The third-order valence-corrected chi connectivity index (χ3v) is 3.15. The summed E-state index contributed by atoms with van der Waals surface area (Å²) in [5.41, 5.74) is 0.907. The van der Waals surface area contributed by atoms with Gasteiger partial charge in [-0.1, -0.05) is 11.8 Å². The van der Waals surface area contributed by atoms with Gasteiger partial charge in [-0.15, -0.1) is 11.3 Å². The third-order valence-electron chi connectivity index (χ3n) is 2.25. The Bertz CT molecular complexity index is 375. The summed E-state index contributed by atoms with van der Waals surface area (Å²) in [5.74, 6) is 5.51. The fourth-order valence-corrected chi connectivity index (χ4v) is 2.34. The van der Waals surface area contributed by atoms with Crippen LogP contribution in [0.5, 0.6) is 0 Å². The standard InChI is InChI=1S/C12H17NO3S/c14-6-1-2-11-3-9-17-12(11)10-13(4-7-15)5-8-16/h3,9,14-16H,4-8,10H2. The molecule has 0 radical (unpaired) electrons. The van der Waals surface area contributed by atoms with Crippen LogP contribution in [-0.2, 0) is 6.54 Å². The molecule has 3 N–H and O–H groups in total. The number of rotatable bonds is 6. The Labute approximate surface area is 105 Å². The van der Waals surface area contributed by atoms with E-state index in [2.05, 4.69) is 11.8 Å². The van der Waals surface area contributed by atoms with Crippen LogP contribution >= 0.6 is 11.3 Å². The van der Waals surface area contributed by atoms with Gasteiger partial charge in [-0.2, -0.15) is 0 Å². The predicted octanol–water partition coefficient (Wildman–Crippen LogP) is -0.122. The second kappa shape index (κ2) is 8.23. The van der Waals surface area contributed by atoms with Crippen LogP contribution in [0.25, 0.3) is 0 Å². The molecule has 94 valence electrons. The second-order valence-corrected chi connectivity index (χ2v) is 4.44. The Morgan fingerprint density at radius 2 is 1.88 bits per heavy atom. The summed E-state index contributed by atoms with van der Waals surface area (Å²) >= 11 is 1.59. The van der Waals surface area contributed by atoms with E-state index in [-0.39, 0.29) is 19.8 Å². The van der Waals surface area contributed by atoms with Crippen molar-refractivity contribution in [1.29, 1.82) is 0 Å². The molecule has 1 rings (SSSR count). The van der Waals surface area contributed by atoms with Crippen LogP contribution < -0.4 is 0 Å². The van der Waals surface area contributed by atoms with E-state index in [0.717, 1.165) is 10.4 Å². The molecule has 5 heteroatoms. The van der Waals surface area contributed by atoms with E-state index < -0.39 is 0 Å². The largest absolute Gasteiger partial charge is 0.395 e. The first kappa shape index (κ1) is 14.2. The van der Waals surface area contributed by atoms with Gasteiger partial charge in [0.25, 0.3) is 0 Å². The molecule has 1 heterocycles. The zero-order valence-corrected chi connectivity index (χ0v) is 10.4. The van der Waals surface area contributed by atoms with Gasteiger partial charge in [0.2, 0.25) is 0 Å². The molecule has 0 fully saturated rings. The van der Waals surface area contributed by atoms with Crippen molar-refractivity contribution in [3.05, 3.63) is 21.9 Å². The van der Waals surface area contributed by atoms with Crippen LogP contribution in [0, 0.1) is 11.8 Å². The van der Waals surface area contributed by atoms with E-state index in [0.29, 0.717) is 19.6 Å². The van der Waals surface area contributed by atoms with Crippen LogP contribution in [0.4, 0.5) is 0 Å². The average molecular weight is 255 g/mol. The van der Waals surface area contributed by atoms with Crippen LogP contribution in [-0.4, -0.2) is 53.1 Å². The van der Waals surface area contributed by atoms with Gasteiger partial charge >= 0.3 is 0 Å². The van der Waals surface area contributed by atoms with E-state index in [1.165, 1.54) is 0 Å². The maximum atomic E-state index is 8.92. The summed E-state index contributed by atoms with van der Waals surface area (Å²) in [4.78, 5) is 3.06. The van der Waals surface area contributed by atoms with Crippen LogP contribution in [0.1, 0.15) is 10.4 Å². The summed E-state index contributed by atoms with van der Waals surface area (Å²) in [7, 11) is 0. The molecule has 0 atom stereocenters. The van der Waals surface area contributed by atoms with Gasteiger partial charge in [-0.3, -0.25) is 4.90 Å². The minimum Gasteiger partial charge on any atom is -0.395 e. The average Bonchev–Trinajstić information content (AvgIpc) is 2.74. The zero-order valence-electron chi connectivity index (χ0n) is 9.59. The molecule has 4 nitrogen and oxygen atoms in total. The number of aliphatic hydroxyl groups is 3. The molecule has 17 heavy (non-hydrogen) atoms. The highest BCUT2D eigenvalue weighted by Gasteiger charge is 2.08. The molecule has 0 aliphatic heterocycles. The van der Waals surface area contributed by atoms with Gasteiger partial charge in [-0.25, -0.2) is 0 Å². The topological polar surface area (TPSA) is 63.9 Å². The van der Waals surface area contributed by atoms with Gasteiger partial charge in [0.15, 0.2) is 0 Å². The molecule has 0 amide bonds. The molecule has 0 spiro atoms. The summed E-state index contributed by atoms with van der Waals surface area (Å²) in [6.07, 6.45) is 0. The monoisotopic (exact) mass is 255 g/mol. The minimum absolute atomic E-state index is 0.0724. The van der Waals surface area contributed by atoms with Gasteiger partial charge in [-0.05, 0) is 11.4 Å². The molecule has 0 aromatic carbocycles. The van der Waals surface area contributed by atoms with E-state index in [4.69, 9.17) is 15.3 Å². The van der Waals surface area contributed by atoms with Crippen molar-refractivity contribution in [3.63, 3.8) is 0 Å². The lowest BCUT2D eigenvalue weighted by molar-refractivity contribution is 0.156. The Morgan fingerprint density at radius 3 is 2.47 bits per heavy atom. The van der Waals surface area contributed by atoms with Crippen molar-refractivity contribution in [3.8, 4) is 11.8 Å². The van der Waals surface area contributed by atoms with Crippen LogP contribution in [0.2, 0.25) is 0 Å². The van der Waals surface area contributed by atoms with Gasteiger partial charge in [0.05, 0.1) is 13.2 Å². The molecule has 0 bridgehead atoms. The Balaban J connectivity index is 2.68. The predicted molar refractivity (Wildman–Crippen MR) is 67.7 cm³/mol. The van der Waals surface area contributed by atoms with Crippen molar-refractivity contribution in [1.82, 2.24) is 4.90 Å². The normalized spacial score (nSPS) is 10.4. The van der Waals surface area contributed by atoms with Crippen molar-refractivity contribution in [2.24, 2.45) is 0 Å². The lowest BCUT2D eigenvalue weighted by Crippen LogP contribution is -2.29. The maximum Gasteiger partial charge on any atom is 0.104 e. The Kier molecular flexibility index (Phi) is 6.86. The van der Waals surface area contributed by atoms with E-state index >= 15 is 0 Å². The number of nitrogens with zero attached hydrogens (tertiary/aromatic N) is 1.